The van der Waals surface area contributed by atoms with Crippen LogP contribution in [0, 0.1) is 5.82 Å². The quantitative estimate of drug-likeness (QED) is 0.892. The number of benzene rings is 2. The lowest BCUT2D eigenvalue weighted by Crippen LogP contribution is -2.24. The fraction of sp³-hybridized carbons (Fsp3) is 0.250. The van der Waals surface area contributed by atoms with Gasteiger partial charge in [-0.15, -0.1) is 0 Å². The molecular formula is C16H18FNO. The number of phenols is 1. The number of rotatable bonds is 4. The van der Waals surface area contributed by atoms with Gasteiger partial charge in [0.1, 0.15) is 11.6 Å². The van der Waals surface area contributed by atoms with Crippen molar-refractivity contribution in [2.45, 2.75) is 19.4 Å². The van der Waals surface area contributed by atoms with E-state index in [1.165, 1.54) is 6.07 Å². The summed E-state index contributed by atoms with van der Waals surface area (Å²) < 4.78 is 13.8. The summed E-state index contributed by atoms with van der Waals surface area (Å²) in [4.78, 5) is 1.93. The topological polar surface area (TPSA) is 23.5 Å². The van der Waals surface area contributed by atoms with Crippen molar-refractivity contribution in [2.24, 2.45) is 0 Å². The van der Waals surface area contributed by atoms with Gasteiger partial charge in [-0.3, -0.25) is 0 Å². The van der Waals surface area contributed by atoms with E-state index >= 15 is 0 Å². The Morgan fingerprint density at radius 2 is 1.74 bits per heavy atom. The number of hydrogen-bond acceptors (Lipinski definition) is 2. The monoisotopic (exact) mass is 259 g/mol. The van der Waals surface area contributed by atoms with Crippen molar-refractivity contribution >= 4 is 5.69 Å². The Hall–Kier alpha value is -2.03. The molecule has 0 fully saturated rings. The van der Waals surface area contributed by atoms with Crippen LogP contribution in [0.4, 0.5) is 10.1 Å². The van der Waals surface area contributed by atoms with Gasteiger partial charge in [0.25, 0.3) is 0 Å². The molecular weight excluding hydrogens is 241 g/mol. The summed E-state index contributed by atoms with van der Waals surface area (Å²) in [5.74, 6) is 0.0226. The minimum Gasteiger partial charge on any atom is -0.508 e. The Labute approximate surface area is 113 Å². The number of phenolic OH excluding ortho intramolecular Hbond substituents is 1. The summed E-state index contributed by atoms with van der Waals surface area (Å²) >= 11 is 0. The van der Waals surface area contributed by atoms with Crippen molar-refractivity contribution in [1.82, 2.24) is 0 Å². The minimum atomic E-state index is -0.220. The van der Waals surface area contributed by atoms with Gasteiger partial charge in [-0.05, 0) is 36.2 Å². The Morgan fingerprint density at radius 3 is 2.32 bits per heavy atom. The van der Waals surface area contributed by atoms with E-state index in [0.29, 0.717) is 5.69 Å². The molecule has 1 unspecified atom stereocenters. The average molecular weight is 259 g/mol. The van der Waals surface area contributed by atoms with Crippen LogP contribution in [-0.2, 0) is 0 Å². The molecule has 19 heavy (non-hydrogen) atoms. The van der Waals surface area contributed by atoms with E-state index in [1.807, 2.05) is 30.1 Å². The molecule has 2 rings (SSSR count). The molecule has 0 spiro atoms. The lowest BCUT2D eigenvalue weighted by atomic mass is 10.0. The zero-order valence-corrected chi connectivity index (χ0v) is 11.2. The van der Waals surface area contributed by atoms with E-state index in [2.05, 4.69) is 6.92 Å². The fourth-order valence-electron chi connectivity index (χ4n) is 2.34. The highest BCUT2D eigenvalue weighted by molar-refractivity contribution is 5.49. The highest BCUT2D eigenvalue weighted by Gasteiger charge is 2.17. The summed E-state index contributed by atoms with van der Waals surface area (Å²) in [5.41, 5.74) is 1.65. The van der Waals surface area contributed by atoms with Crippen LogP contribution >= 0.6 is 0 Å². The van der Waals surface area contributed by atoms with Gasteiger partial charge in [-0.2, -0.15) is 0 Å². The summed E-state index contributed by atoms with van der Waals surface area (Å²) in [6, 6.07) is 13.9. The maximum absolute atomic E-state index is 13.8. The van der Waals surface area contributed by atoms with E-state index < -0.39 is 0 Å². The first kappa shape index (κ1) is 13.4. The molecule has 100 valence electrons. The molecule has 0 heterocycles. The molecule has 2 aromatic carbocycles. The number of hydrogen-bond donors (Lipinski definition) is 1. The van der Waals surface area contributed by atoms with Crippen LogP contribution in [0.5, 0.6) is 5.75 Å². The molecule has 0 bridgehead atoms. The average Bonchev–Trinajstić information content (AvgIpc) is 2.42. The van der Waals surface area contributed by atoms with Crippen LogP contribution in [0.1, 0.15) is 24.9 Å². The summed E-state index contributed by atoms with van der Waals surface area (Å²) in [7, 11) is 1.89. The zero-order chi connectivity index (χ0) is 13.8. The zero-order valence-electron chi connectivity index (χ0n) is 11.2. The molecule has 2 nitrogen and oxygen atoms in total. The van der Waals surface area contributed by atoms with E-state index in [0.717, 1.165) is 12.0 Å². The van der Waals surface area contributed by atoms with Gasteiger partial charge in [0.15, 0.2) is 0 Å². The number of halogens is 1. The molecule has 2 aromatic rings. The lowest BCUT2D eigenvalue weighted by molar-refractivity contribution is 0.474. The second kappa shape index (κ2) is 5.74. The van der Waals surface area contributed by atoms with Crippen molar-refractivity contribution < 1.29 is 9.50 Å². The molecule has 0 aliphatic rings. The van der Waals surface area contributed by atoms with Gasteiger partial charge < -0.3 is 10.0 Å². The number of para-hydroxylation sites is 1. The third kappa shape index (κ3) is 2.87. The SMILES string of the molecule is CCC(c1ccc(O)cc1)N(C)c1ccccc1F. The number of nitrogens with zero attached hydrogens (tertiary/aromatic N) is 1. The summed E-state index contributed by atoms with van der Waals surface area (Å²) in [6.45, 7) is 2.06. The van der Waals surface area contributed by atoms with Crippen LogP contribution in [0.15, 0.2) is 48.5 Å². The first-order valence-electron chi connectivity index (χ1n) is 6.39. The van der Waals surface area contributed by atoms with Crippen LogP contribution in [0.3, 0.4) is 0 Å². The molecule has 0 amide bonds. The van der Waals surface area contributed by atoms with E-state index in [4.69, 9.17) is 0 Å². The summed E-state index contributed by atoms with van der Waals surface area (Å²) in [5, 5.41) is 9.34. The smallest absolute Gasteiger partial charge is 0.146 e. The minimum absolute atomic E-state index is 0.0810. The number of aromatic hydroxyl groups is 1. The predicted octanol–water partition coefficient (Wildman–Crippen LogP) is 4.12. The van der Waals surface area contributed by atoms with Crippen molar-refractivity contribution in [2.75, 3.05) is 11.9 Å². The lowest BCUT2D eigenvalue weighted by Gasteiger charge is -2.30. The van der Waals surface area contributed by atoms with Crippen molar-refractivity contribution in [3.63, 3.8) is 0 Å². The largest absolute Gasteiger partial charge is 0.508 e. The number of anilines is 1. The molecule has 0 radical (unpaired) electrons. The summed E-state index contributed by atoms with van der Waals surface area (Å²) in [6.07, 6.45) is 0.857. The third-order valence-corrected chi connectivity index (χ3v) is 3.36. The predicted molar refractivity (Wildman–Crippen MR) is 75.9 cm³/mol. The van der Waals surface area contributed by atoms with E-state index in [1.54, 1.807) is 24.3 Å². The van der Waals surface area contributed by atoms with Gasteiger partial charge >= 0.3 is 0 Å². The van der Waals surface area contributed by atoms with Crippen molar-refractivity contribution in [3.8, 4) is 5.75 Å². The van der Waals surface area contributed by atoms with Crippen molar-refractivity contribution in [1.29, 1.82) is 0 Å². The molecule has 3 heteroatoms. The maximum atomic E-state index is 13.8. The second-order valence-corrected chi connectivity index (χ2v) is 4.58. The molecule has 0 saturated carbocycles. The van der Waals surface area contributed by atoms with E-state index in [9.17, 15) is 9.50 Å². The molecule has 0 aliphatic heterocycles. The molecule has 0 aliphatic carbocycles. The highest BCUT2D eigenvalue weighted by Crippen LogP contribution is 2.30. The van der Waals surface area contributed by atoms with Gasteiger partial charge in [-0.1, -0.05) is 31.2 Å². The fourth-order valence-corrected chi connectivity index (χ4v) is 2.34. The van der Waals surface area contributed by atoms with Crippen LogP contribution in [-0.4, -0.2) is 12.2 Å². The van der Waals surface area contributed by atoms with Gasteiger partial charge in [0.05, 0.1) is 11.7 Å². The first-order chi connectivity index (χ1) is 9.13. The molecule has 0 aromatic heterocycles. The normalized spacial score (nSPS) is 12.2. The van der Waals surface area contributed by atoms with Crippen LogP contribution in [0.25, 0.3) is 0 Å². The van der Waals surface area contributed by atoms with Gasteiger partial charge in [0, 0.05) is 7.05 Å². The molecule has 1 atom stereocenters. The van der Waals surface area contributed by atoms with Crippen LogP contribution in [0.2, 0.25) is 0 Å². The second-order valence-electron chi connectivity index (χ2n) is 4.58. The van der Waals surface area contributed by atoms with Gasteiger partial charge in [0.2, 0.25) is 0 Å². The van der Waals surface area contributed by atoms with Crippen molar-refractivity contribution in [3.05, 3.63) is 59.9 Å². The van der Waals surface area contributed by atoms with E-state index in [-0.39, 0.29) is 17.6 Å². The van der Waals surface area contributed by atoms with Crippen LogP contribution < -0.4 is 4.90 Å². The maximum Gasteiger partial charge on any atom is 0.146 e. The standard InChI is InChI=1S/C16H18FNO/c1-3-15(12-8-10-13(19)11-9-12)18(2)16-7-5-4-6-14(16)17/h4-11,15,19H,3H2,1-2H3. The Balaban J connectivity index is 2.32. The molecule has 0 saturated heterocycles. The third-order valence-electron chi connectivity index (χ3n) is 3.36. The highest BCUT2D eigenvalue weighted by atomic mass is 19.1. The molecule has 1 N–H and O–H groups in total. The Bertz CT molecular complexity index is 539. The van der Waals surface area contributed by atoms with Gasteiger partial charge in [-0.25, -0.2) is 4.39 Å². The Kier molecular flexibility index (Phi) is 4.05. The first-order valence-corrected chi connectivity index (χ1v) is 6.39. The Morgan fingerprint density at radius 1 is 1.11 bits per heavy atom.